The summed E-state index contributed by atoms with van der Waals surface area (Å²) >= 11 is 0. The number of ether oxygens (including phenoxy) is 2. The summed E-state index contributed by atoms with van der Waals surface area (Å²) in [6, 6.07) is 5.99. The zero-order chi connectivity index (χ0) is 12.7. The number of benzene rings is 1. The normalized spacial score (nSPS) is 11.1. The molecule has 2 nitrogen and oxygen atoms in total. The Morgan fingerprint density at radius 3 is 2.59 bits per heavy atom. The van der Waals surface area contributed by atoms with Gasteiger partial charge in [0.25, 0.3) is 0 Å². The van der Waals surface area contributed by atoms with Gasteiger partial charge in [-0.05, 0) is 37.0 Å². The van der Waals surface area contributed by atoms with Crippen LogP contribution < -0.4 is 9.47 Å². The van der Waals surface area contributed by atoms with Crippen molar-refractivity contribution in [1.82, 2.24) is 0 Å². The molecule has 0 heterocycles. The Hall–Kier alpha value is -1.44. The fourth-order valence-corrected chi connectivity index (χ4v) is 1.50. The van der Waals surface area contributed by atoms with Crippen molar-refractivity contribution in [2.24, 2.45) is 5.92 Å². The molecule has 0 amide bonds. The Morgan fingerprint density at radius 2 is 2.00 bits per heavy atom. The van der Waals surface area contributed by atoms with Crippen molar-refractivity contribution in [3.8, 4) is 11.5 Å². The summed E-state index contributed by atoms with van der Waals surface area (Å²) in [5.41, 5.74) is 1.13. The van der Waals surface area contributed by atoms with Crippen LogP contribution in [0.5, 0.6) is 11.5 Å². The summed E-state index contributed by atoms with van der Waals surface area (Å²) in [7, 11) is 1.67. The molecular weight excluding hydrogens is 212 g/mol. The van der Waals surface area contributed by atoms with E-state index in [2.05, 4.69) is 13.8 Å². The van der Waals surface area contributed by atoms with Crippen LogP contribution in [-0.4, -0.2) is 13.7 Å². The van der Waals surface area contributed by atoms with E-state index in [1.165, 1.54) is 0 Å². The molecule has 94 valence electrons. The predicted octanol–water partition coefficient (Wildman–Crippen LogP) is 4.15. The number of rotatable bonds is 6. The molecule has 0 atom stereocenters. The lowest BCUT2D eigenvalue weighted by Gasteiger charge is -2.12. The van der Waals surface area contributed by atoms with Crippen molar-refractivity contribution in [3.63, 3.8) is 0 Å². The Balaban J connectivity index is 2.71. The molecule has 0 N–H and O–H groups in total. The van der Waals surface area contributed by atoms with E-state index in [0.717, 1.165) is 30.1 Å². The molecule has 1 aromatic carbocycles. The van der Waals surface area contributed by atoms with Crippen LogP contribution in [-0.2, 0) is 0 Å². The highest BCUT2D eigenvalue weighted by Crippen LogP contribution is 2.28. The van der Waals surface area contributed by atoms with Crippen molar-refractivity contribution in [2.75, 3.05) is 13.7 Å². The summed E-state index contributed by atoms with van der Waals surface area (Å²) in [6.07, 6.45) is 5.11. The third-order valence-corrected chi connectivity index (χ3v) is 2.50. The summed E-state index contributed by atoms with van der Waals surface area (Å²) in [5.74, 6) is 2.27. The quantitative estimate of drug-likeness (QED) is 0.736. The van der Waals surface area contributed by atoms with E-state index < -0.39 is 0 Å². The second-order valence-corrected chi connectivity index (χ2v) is 4.44. The molecule has 0 spiro atoms. The van der Waals surface area contributed by atoms with Crippen LogP contribution in [0.25, 0.3) is 6.08 Å². The van der Waals surface area contributed by atoms with E-state index in [-0.39, 0.29) is 0 Å². The molecule has 1 aromatic rings. The zero-order valence-corrected chi connectivity index (χ0v) is 11.2. The predicted molar refractivity (Wildman–Crippen MR) is 72.7 cm³/mol. The zero-order valence-electron chi connectivity index (χ0n) is 11.2. The van der Waals surface area contributed by atoms with Crippen molar-refractivity contribution < 1.29 is 9.47 Å². The van der Waals surface area contributed by atoms with Gasteiger partial charge in [-0.25, -0.2) is 0 Å². The van der Waals surface area contributed by atoms with Gasteiger partial charge in [0.1, 0.15) is 0 Å². The van der Waals surface area contributed by atoms with Gasteiger partial charge in [0, 0.05) is 0 Å². The van der Waals surface area contributed by atoms with Gasteiger partial charge >= 0.3 is 0 Å². The monoisotopic (exact) mass is 234 g/mol. The van der Waals surface area contributed by atoms with Crippen LogP contribution in [0, 0.1) is 5.92 Å². The highest BCUT2D eigenvalue weighted by Gasteiger charge is 2.05. The molecule has 0 aliphatic heterocycles. The lowest BCUT2D eigenvalue weighted by atomic mass is 10.1. The molecule has 0 unspecified atom stereocenters. The maximum Gasteiger partial charge on any atom is 0.161 e. The number of hydrogen-bond acceptors (Lipinski definition) is 2. The van der Waals surface area contributed by atoms with Crippen molar-refractivity contribution in [1.29, 1.82) is 0 Å². The van der Waals surface area contributed by atoms with E-state index in [1.54, 1.807) is 7.11 Å². The minimum atomic E-state index is 0.656. The average molecular weight is 234 g/mol. The van der Waals surface area contributed by atoms with Crippen molar-refractivity contribution in [3.05, 3.63) is 29.8 Å². The number of hydrogen-bond donors (Lipinski definition) is 0. The van der Waals surface area contributed by atoms with Gasteiger partial charge in [-0.1, -0.05) is 32.1 Å². The van der Waals surface area contributed by atoms with Crippen LogP contribution in [0.15, 0.2) is 24.3 Å². The Morgan fingerprint density at radius 1 is 1.24 bits per heavy atom. The summed E-state index contributed by atoms with van der Waals surface area (Å²) in [4.78, 5) is 0. The lowest BCUT2D eigenvalue weighted by molar-refractivity contribution is 0.273. The molecule has 0 aliphatic rings. The van der Waals surface area contributed by atoms with Gasteiger partial charge < -0.3 is 9.47 Å². The first-order chi connectivity index (χ1) is 8.17. The Bertz CT molecular complexity index is 367. The standard InChI is InChI=1S/C15H22O2/c1-5-6-13-7-8-14(15(11-13)16-4)17-10-9-12(2)3/h5-8,11-12H,9-10H2,1-4H3. The molecule has 0 radical (unpaired) electrons. The third kappa shape index (κ3) is 4.51. The van der Waals surface area contributed by atoms with Gasteiger partial charge in [-0.15, -0.1) is 0 Å². The van der Waals surface area contributed by atoms with Gasteiger partial charge in [-0.2, -0.15) is 0 Å². The molecule has 0 aromatic heterocycles. The summed E-state index contributed by atoms with van der Waals surface area (Å²) in [5, 5.41) is 0. The topological polar surface area (TPSA) is 18.5 Å². The second-order valence-electron chi connectivity index (χ2n) is 4.44. The van der Waals surface area contributed by atoms with Gasteiger partial charge in [0.05, 0.1) is 13.7 Å². The van der Waals surface area contributed by atoms with Crippen LogP contribution >= 0.6 is 0 Å². The molecule has 0 aliphatic carbocycles. The SMILES string of the molecule is CC=Cc1ccc(OCCC(C)C)c(OC)c1. The van der Waals surface area contributed by atoms with Crippen LogP contribution in [0.3, 0.4) is 0 Å². The fourth-order valence-electron chi connectivity index (χ4n) is 1.50. The maximum absolute atomic E-state index is 5.72. The number of allylic oxidation sites excluding steroid dienone is 1. The molecule has 0 saturated heterocycles. The summed E-state index contributed by atoms with van der Waals surface area (Å²) < 4.78 is 11.1. The van der Waals surface area contributed by atoms with E-state index in [9.17, 15) is 0 Å². The lowest BCUT2D eigenvalue weighted by Crippen LogP contribution is -2.02. The third-order valence-electron chi connectivity index (χ3n) is 2.50. The first-order valence-electron chi connectivity index (χ1n) is 6.11. The minimum Gasteiger partial charge on any atom is -0.493 e. The molecule has 0 saturated carbocycles. The van der Waals surface area contributed by atoms with Crippen LogP contribution in [0.2, 0.25) is 0 Å². The first kappa shape index (κ1) is 13.6. The minimum absolute atomic E-state index is 0.656. The molecule has 17 heavy (non-hydrogen) atoms. The molecular formula is C15H22O2. The maximum atomic E-state index is 5.72. The van der Waals surface area contributed by atoms with Crippen LogP contribution in [0.4, 0.5) is 0 Å². The van der Waals surface area contributed by atoms with Crippen molar-refractivity contribution in [2.45, 2.75) is 27.2 Å². The highest BCUT2D eigenvalue weighted by atomic mass is 16.5. The summed E-state index contributed by atoms with van der Waals surface area (Å²) in [6.45, 7) is 7.11. The Labute approximate surface area is 104 Å². The fraction of sp³-hybridized carbons (Fsp3) is 0.467. The molecule has 2 heteroatoms. The van der Waals surface area contributed by atoms with E-state index in [1.807, 2.05) is 37.3 Å². The van der Waals surface area contributed by atoms with Crippen LogP contribution in [0.1, 0.15) is 32.8 Å². The van der Waals surface area contributed by atoms with Crippen molar-refractivity contribution >= 4 is 6.08 Å². The van der Waals surface area contributed by atoms with E-state index in [0.29, 0.717) is 5.92 Å². The second kappa shape index (κ2) is 7.00. The largest absolute Gasteiger partial charge is 0.493 e. The molecule has 1 rings (SSSR count). The smallest absolute Gasteiger partial charge is 0.161 e. The van der Waals surface area contributed by atoms with Gasteiger partial charge in [0.2, 0.25) is 0 Å². The van der Waals surface area contributed by atoms with Gasteiger partial charge in [-0.3, -0.25) is 0 Å². The molecule has 0 fully saturated rings. The number of methoxy groups -OCH3 is 1. The first-order valence-corrected chi connectivity index (χ1v) is 6.11. The van der Waals surface area contributed by atoms with Gasteiger partial charge in [0.15, 0.2) is 11.5 Å². The van der Waals surface area contributed by atoms with E-state index >= 15 is 0 Å². The average Bonchev–Trinajstić information content (AvgIpc) is 2.30. The Kier molecular flexibility index (Phi) is 5.61. The highest BCUT2D eigenvalue weighted by molar-refractivity contribution is 5.55. The van der Waals surface area contributed by atoms with E-state index in [4.69, 9.17) is 9.47 Å². The molecule has 0 bridgehead atoms.